The molecule has 0 fully saturated rings. The van der Waals surface area contributed by atoms with E-state index in [9.17, 15) is 18.7 Å². The van der Waals surface area contributed by atoms with Gasteiger partial charge in [-0.05, 0) is 42.0 Å². The Morgan fingerprint density at radius 3 is 2.70 bits per heavy atom. The number of ketones is 1. The van der Waals surface area contributed by atoms with E-state index in [1.807, 2.05) is 0 Å². The van der Waals surface area contributed by atoms with Crippen molar-refractivity contribution in [3.8, 4) is 11.5 Å². The summed E-state index contributed by atoms with van der Waals surface area (Å²) in [6.07, 6.45) is 2.92. The third-order valence-electron chi connectivity index (χ3n) is 2.96. The van der Waals surface area contributed by atoms with E-state index in [1.165, 1.54) is 43.5 Å². The Balaban J connectivity index is 2.19. The molecule has 0 unspecified atom stereocenters. The molecular formula is C17H14F2O3S. The van der Waals surface area contributed by atoms with E-state index in [1.54, 1.807) is 18.2 Å². The van der Waals surface area contributed by atoms with Crippen LogP contribution in [-0.2, 0) is 0 Å². The molecule has 2 rings (SSSR count). The minimum absolute atomic E-state index is 0.106. The number of methoxy groups -OCH3 is 1. The minimum Gasteiger partial charge on any atom is -0.508 e. The van der Waals surface area contributed by atoms with E-state index in [4.69, 9.17) is 4.74 Å². The number of ether oxygens (including phenoxy) is 1. The van der Waals surface area contributed by atoms with E-state index >= 15 is 0 Å². The maximum atomic E-state index is 12.4. The Bertz CT molecular complexity index is 730. The summed E-state index contributed by atoms with van der Waals surface area (Å²) in [5, 5.41) is 9.37. The van der Waals surface area contributed by atoms with Crippen LogP contribution >= 0.6 is 11.8 Å². The highest BCUT2D eigenvalue weighted by Crippen LogP contribution is 2.34. The largest absolute Gasteiger partial charge is 0.508 e. The summed E-state index contributed by atoms with van der Waals surface area (Å²) < 4.78 is 29.9. The van der Waals surface area contributed by atoms with Gasteiger partial charge in [0.2, 0.25) is 0 Å². The zero-order chi connectivity index (χ0) is 16.8. The van der Waals surface area contributed by atoms with Crippen LogP contribution < -0.4 is 4.74 Å². The van der Waals surface area contributed by atoms with Crippen molar-refractivity contribution < 1.29 is 23.4 Å². The first-order valence-electron chi connectivity index (χ1n) is 6.64. The minimum atomic E-state index is -2.56. The number of carbonyl (C=O) groups excluding carboxylic acids is 1. The Morgan fingerprint density at radius 2 is 2.04 bits per heavy atom. The highest BCUT2D eigenvalue weighted by Gasteiger charge is 2.13. The van der Waals surface area contributed by atoms with Crippen LogP contribution in [0.1, 0.15) is 15.9 Å². The highest BCUT2D eigenvalue weighted by molar-refractivity contribution is 7.99. The summed E-state index contributed by atoms with van der Waals surface area (Å²) in [5.74, 6) is -2.52. The molecule has 0 bridgehead atoms. The lowest BCUT2D eigenvalue weighted by Gasteiger charge is -2.08. The molecule has 6 heteroatoms. The van der Waals surface area contributed by atoms with E-state index in [0.717, 1.165) is 0 Å². The number of alkyl halides is 2. The number of benzene rings is 2. The van der Waals surface area contributed by atoms with Gasteiger partial charge in [0.1, 0.15) is 11.5 Å². The molecule has 0 aromatic heterocycles. The van der Waals surface area contributed by atoms with Crippen molar-refractivity contribution in [1.29, 1.82) is 0 Å². The molecule has 0 saturated carbocycles. The van der Waals surface area contributed by atoms with E-state index in [-0.39, 0.29) is 22.2 Å². The topological polar surface area (TPSA) is 46.5 Å². The lowest BCUT2D eigenvalue weighted by atomic mass is 10.1. The van der Waals surface area contributed by atoms with Crippen LogP contribution in [0.25, 0.3) is 6.08 Å². The second-order valence-electron chi connectivity index (χ2n) is 4.54. The third kappa shape index (κ3) is 4.82. The van der Waals surface area contributed by atoms with Gasteiger partial charge in [-0.3, -0.25) is 4.79 Å². The Kier molecular flexibility index (Phi) is 5.76. The molecule has 0 aliphatic carbocycles. The molecule has 0 saturated heterocycles. The molecule has 0 aliphatic heterocycles. The molecule has 0 spiro atoms. The summed E-state index contributed by atoms with van der Waals surface area (Å²) >= 11 is 0.366. The Labute approximate surface area is 136 Å². The van der Waals surface area contributed by atoms with Gasteiger partial charge in [-0.1, -0.05) is 30.0 Å². The summed E-state index contributed by atoms with van der Waals surface area (Å²) in [6, 6.07) is 10.8. The molecule has 3 nitrogen and oxygen atoms in total. The van der Waals surface area contributed by atoms with Crippen molar-refractivity contribution in [3.05, 3.63) is 59.7 Å². The Morgan fingerprint density at radius 1 is 1.26 bits per heavy atom. The van der Waals surface area contributed by atoms with Crippen molar-refractivity contribution in [2.24, 2.45) is 0 Å². The second-order valence-corrected chi connectivity index (χ2v) is 5.57. The number of phenolic OH excluding ortho intramolecular Hbond substituents is 1. The number of halogens is 2. The summed E-state index contributed by atoms with van der Waals surface area (Å²) in [7, 11) is 1.36. The number of carbonyl (C=O) groups is 1. The first-order chi connectivity index (χ1) is 11.0. The van der Waals surface area contributed by atoms with Crippen LogP contribution in [0.15, 0.2) is 53.4 Å². The smallest absolute Gasteiger partial charge is 0.289 e. The SMILES string of the molecule is COc1cc(C(=O)C=Cc2cccc(O)c2)ccc1SC(F)F. The average molecular weight is 336 g/mol. The van der Waals surface area contributed by atoms with E-state index < -0.39 is 5.76 Å². The number of hydrogen-bond donors (Lipinski definition) is 1. The van der Waals surface area contributed by atoms with Gasteiger partial charge in [-0.15, -0.1) is 0 Å². The quantitative estimate of drug-likeness (QED) is 0.475. The molecule has 0 heterocycles. The highest BCUT2D eigenvalue weighted by atomic mass is 32.2. The maximum absolute atomic E-state index is 12.4. The average Bonchev–Trinajstić information content (AvgIpc) is 2.52. The Hall–Kier alpha value is -2.34. The zero-order valence-electron chi connectivity index (χ0n) is 12.2. The molecule has 1 N–H and O–H groups in total. The van der Waals surface area contributed by atoms with E-state index in [2.05, 4.69) is 0 Å². The first-order valence-corrected chi connectivity index (χ1v) is 7.52. The number of hydrogen-bond acceptors (Lipinski definition) is 4. The van der Waals surface area contributed by atoms with Crippen molar-refractivity contribution >= 4 is 23.6 Å². The maximum Gasteiger partial charge on any atom is 0.289 e. The van der Waals surface area contributed by atoms with Crippen LogP contribution in [-0.4, -0.2) is 23.8 Å². The molecule has 23 heavy (non-hydrogen) atoms. The predicted octanol–water partition coefficient (Wildman–Crippen LogP) is 4.61. The molecule has 0 atom stereocenters. The number of allylic oxidation sites excluding steroid dienone is 1. The van der Waals surface area contributed by atoms with E-state index in [0.29, 0.717) is 22.9 Å². The summed E-state index contributed by atoms with van der Waals surface area (Å²) in [5.41, 5.74) is 1.01. The molecule has 0 aliphatic rings. The van der Waals surface area contributed by atoms with Gasteiger partial charge in [0, 0.05) is 5.56 Å². The van der Waals surface area contributed by atoms with Crippen molar-refractivity contribution in [2.75, 3.05) is 7.11 Å². The number of phenols is 1. The third-order valence-corrected chi connectivity index (χ3v) is 3.73. The monoisotopic (exact) mass is 336 g/mol. The second kappa shape index (κ2) is 7.78. The number of rotatable bonds is 6. The van der Waals surface area contributed by atoms with Gasteiger partial charge in [0.15, 0.2) is 5.78 Å². The normalized spacial score (nSPS) is 11.1. The van der Waals surface area contributed by atoms with Crippen molar-refractivity contribution in [1.82, 2.24) is 0 Å². The zero-order valence-corrected chi connectivity index (χ0v) is 13.0. The fraction of sp³-hybridized carbons (Fsp3) is 0.118. The van der Waals surface area contributed by atoms with Gasteiger partial charge >= 0.3 is 0 Å². The molecule has 0 radical (unpaired) electrons. The van der Waals surface area contributed by atoms with Crippen LogP contribution in [0.3, 0.4) is 0 Å². The van der Waals surface area contributed by atoms with Gasteiger partial charge in [0.05, 0.1) is 12.0 Å². The lowest BCUT2D eigenvalue weighted by Crippen LogP contribution is -1.97. The molecule has 2 aromatic carbocycles. The van der Waals surface area contributed by atoms with Gasteiger partial charge in [-0.25, -0.2) is 0 Å². The molecule has 0 amide bonds. The van der Waals surface area contributed by atoms with Crippen LogP contribution in [0.4, 0.5) is 8.78 Å². The van der Waals surface area contributed by atoms with Crippen molar-refractivity contribution in [2.45, 2.75) is 10.7 Å². The molecular weight excluding hydrogens is 322 g/mol. The van der Waals surface area contributed by atoms with Crippen molar-refractivity contribution in [3.63, 3.8) is 0 Å². The fourth-order valence-corrected chi connectivity index (χ4v) is 2.51. The fourth-order valence-electron chi connectivity index (χ4n) is 1.91. The van der Waals surface area contributed by atoms with Gasteiger partial charge in [-0.2, -0.15) is 8.78 Å². The summed E-state index contributed by atoms with van der Waals surface area (Å²) in [4.78, 5) is 12.4. The van der Waals surface area contributed by atoms with Gasteiger partial charge < -0.3 is 9.84 Å². The predicted molar refractivity (Wildman–Crippen MR) is 86.3 cm³/mol. The van der Waals surface area contributed by atoms with Crippen LogP contribution in [0.5, 0.6) is 11.5 Å². The molecule has 2 aromatic rings. The number of aromatic hydroxyl groups is 1. The lowest BCUT2D eigenvalue weighted by molar-refractivity contribution is 0.104. The van der Waals surface area contributed by atoms with Crippen LogP contribution in [0.2, 0.25) is 0 Å². The van der Waals surface area contributed by atoms with Crippen LogP contribution in [0, 0.1) is 0 Å². The number of thioether (sulfide) groups is 1. The summed E-state index contributed by atoms with van der Waals surface area (Å²) in [6.45, 7) is 0. The standard InChI is InChI=1S/C17H14F2O3S/c1-22-15-10-12(6-8-16(15)23-17(18)19)14(21)7-5-11-3-2-4-13(20)9-11/h2-10,17,20H,1H3. The molecule has 120 valence electrons. The first kappa shape index (κ1) is 17.0. The van der Waals surface area contributed by atoms with Gasteiger partial charge in [0.25, 0.3) is 5.76 Å².